The van der Waals surface area contributed by atoms with Crippen molar-refractivity contribution in [3.05, 3.63) is 29.7 Å². The highest BCUT2D eigenvalue weighted by Crippen LogP contribution is 2.25. The number of rotatable bonds is 8. The fourth-order valence-electron chi connectivity index (χ4n) is 1.70. The molecule has 0 unspecified atom stereocenters. The van der Waals surface area contributed by atoms with Crippen LogP contribution in [-0.2, 0) is 21.2 Å². The largest absolute Gasteiger partial charge is 0.352 e. The van der Waals surface area contributed by atoms with Crippen LogP contribution in [0.15, 0.2) is 29.0 Å². The molecule has 5 nitrogen and oxygen atoms in total. The minimum absolute atomic E-state index is 0.224. The Bertz CT molecular complexity index is 560. The van der Waals surface area contributed by atoms with Gasteiger partial charge in [-0.2, -0.15) is 4.31 Å². The summed E-state index contributed by atoms with van der Waals surface area (Å²) in [5.74, 6) is -0.224. The predicted octanol–water partition coefficient (Wildman–Crippen LogP) is 1.62. The minimum atomic E-state index is -3.38. The number of carbonyl (C=O) groups excluding carboxylic acids is 1. The Morgan fingerprint density at radius 3 is 2.60 bits per heavy atom. The monoisotopic (exact) mass is 316 g/mol. The first kappa shape index (κ1) is 16.9. The zero-order valence-electron chi connectivity index (χ0n) is 11.8. The minimum Gasteiger partial charge on any atom is -0.352 e. The molecule has 1 aromatic heterocycles. The van der Waals surface area contributed by atoms with Gasteiger partial charge in [-0.05, 0) is 24.6 Å². The summed E-state index contributed by atoms with van der Waals surface area (Å²) < 4.78 is 26.4. The Balaban J connectivity index is 2.72. The Hall–Kier alpha value is -1.18. The number of amides is 1. The van der Waals surface area contributed by atoms with Crippen LogP contribution in [0.1, 0.15) is 18.7 Å². The summed E-state index contributed by atoms with van der Waals surface area (Å²) in [6, 6.07) is 3.42. The quantitative estimate of drug-likeness (QED) is 0.741. The molecule has 0 aromatic carbocycles. The lowest BCUT2D eigenvalue weighted by atomic mass is 10.3. The second kappa shape index (κ2) is 7.56. The molecule has 0 atom stereocenters. The van der Waals surface area contributed by atoms with Gasteiger partial charge in [0.25, 0.3) is 10.0 Å². The molecule has 1 heterocycles. The standard InChI is InChI=1S/C13H20N2O3S2/c1-4-12(16)14-10-9-11-7-8-13(19-11)20(17,18)15(5-2)6-3/h4,7-8H,1,5-6,9-10H2,2-3H3,(H,14,16). The fraction of sp³-hybridized carbons (Fsp3) is 0.462. The Morgan fingerprint density at radius 2 is 2.05 bits per heavy atom. The van der Waals surface area contributed by atoms with Crippen molar-refractivity contribution in [3.8, 4) is 0 Å². The molecule has 0 aliphatic heterocycles. The van der Waals surface area contributed by atoms with Crippen molar-refractivity contribution in [3.63, 3.8) is 0 Å². The van der Waals surface area contributed by atoms with Crippen molar-refractivity contribution >= 4 is 27.3 Å². The first-order chi connectivity index (χ1) is 9.45. The second-order valence-electron chi connectivity index (χ2n) is 4.06. The highest BCUT2D eigenvalue weighted by atomic mass is 32.2. The SMILES string of the molecule is C=CC(=O)NCCc1ccc(S(=O)(=O)N(CC)CC)s1. The van der Waals surface area contributed by atoms with Gasteiger partial charge in [-0.3, -0.25) is 4.79 Å². The zero-order chi connectivity index (χ0) is 15.2. The normalized spacial score (nSPS) is 11.6. The molecule has 0 saturated carbocycles. The predicted molar refractivity (Wildman–Crippen MR) is 81.3 cm³/mol. The van der Waals surface area contributed by atoms with Crippen molar-refractivity contribution in [2.45, 2.75) is 24.5 Å². The molecule has 0 aliphatic rings. The molecule has 1 amide bonds. The summed E-state index contributed by atoms with van der Waals surface area (Å²) in [5.41, 5.74) is 0. The van der Waals surface area contributed by atoms with Gasteiger partial charge in [-0.15, -0.1) is 11.3 Å². The molecule has 1 rings (SSSR count). The van der Waals surface area contributed by atoms with Gasteiger partial charge in [-0.1, -0.05) is 20.4 Å². The molecule has 0 saturated heterocycles. The van der Waals surface area contributed by atoms with E-state index in [1.165, 1.54) is 21.7 Å². The van der Waals surface area contributed by atoms with E-state index in [2.05, 4.69) is 11.9 Å². The summed E-state index contributed by atoms with van der Waals surface area (Å²) >= 11 is 1.25. The van der Waals surface area contributed by atoms with Crippen LogP contribution in [-0.4, -0.2) is 38.3 Å². The molecular weight excluding hydrogens is 296 g/mol. The van der Waals surface area contributed by atoms with Crippen molar-refractivity contribution in [2.75, 3.05) is 19.6 Å². The van der Waals surface area contributed by atoms with Crippen molar-refractivity contribution in [2.24, 2.45) is 0 Å². The summed E-state index contributed by atoms with van der Waals surface area (Å²) in [4.78, 5) is 11.9. The van der Waals surface area contributed by atoms with E-state index >= 15 is 0 Å². The van der Waals surface area contributed by atoms with E-state index in [4.69, 9.17) is 0 Å². The van der Waals surface area contributed by atoms with Crippen molar-refractivity contribution < 1.29 is 13.2 Å². The maximum Gasteiger partial charge on any atom is 0.252 e. The van der Waals surface area contributed by atoms with E-state index in [0.29, 0.717) is 30.3 Å². The number of carbonyl (C=O) groups is 1. The molecule has 0 aliphatic carbocycles. The van der Waals surface area contributed by atoms with Crippen LogP contribution in [0.25, 0.3) is 0 Å². The third-order valence-corrected chi connectivity index (χ3v) is 6.45. The topological polar surface area (TPSA) is 66.5 Å². The summed E-state index contributed by atoms with van der Waals surface area (Å²) in [7, 11) is -3.38. The highest BCUT2D eigenvalue weighted by Gasteiger charge is 2.23. The Kier molecular flexibility index (Phi) is 6.38. The molecule has 20 heavy (non-hydrogen) atoms. The fourth-order valence-corrected chi connectivity index (χ4v) is 4.67. The maximum atomic E-state index is 12.3. The molecular formula is C13H20N2O3S2. The molecule has 1 N–H and O–H groups in total. The van der Waals surface area contributed by atoms with Gasteiger partial charge in [0, 0.05) is 24.5 Å². The average Bonchev–Trinajstić information content (AvgIpc) is 2.89. The number of nitrogens with zero attached hydrogens (tertiary/aromatic N) is 1. The first-order valence-electron chi connectivity index (χ1n) is 6.44. The molecule has 0 bridgehead atoms. The summed E-state index contributed by atoms with van der Waals surface area (Å²) in [5, 5.41) is 2.66. The third kappa shape index (κ3) is 4.16. The Morgan fingerprint density at radius 1 is 1.40 bits per heavy atom. The van der Waals surface area contributed by atoms with E-state index in [9.17, 15) is 13.2 Å². The van der Waals surface area contributed by atoms with E-state index < -0.39 is 10.0 Å². The Labute approximate surface area is 124 Å². The second-order valence-corrected chi connectivity index (χ2v) is 7.39. The van der Waals surface area contributed by atoms with Gasteiger partial charge in [0.15, 0.2) is 0 Å². The van der Waals surface area contributed by atoms with Crippen LogP contribution in [0.2, 0.25) is 0 Å². The van der Waals surface area contributed by atoms with E-state index in [1.54, 1.807) is 12.1 Å². The highest BCUT2D eigenvalue weighted by molar-refractivity contribution is 7.91. The van der Waals surface area contributed by atoms with Gasteiger partial charge in [-0.25, -0.2) is 8.42 Å². The number of thiophene rings is 1. The molecule has 0 spiro atoms. The van der Waals surface area contributed by atoms with Crippen molar-refractivity contribution in [1.29, 1.82) is 0 Å². The summed E-state index contributed by atoms with van der Waals surface area (Å²) in [6.45, 7) is 8.39. The molecule has 112 valence electrons. The van der Waals surface area contributed by atoms with Gasteiger partial charge in [0.05, 0.1) is 0 Å². The average molecular weight is 316 g/mol. The van der Waals surface area contributed by atoms with Gasteiger partial charge < -0.3 is 5.32 Å². The molecule has 0 fully saturated rings. The van der Waals surface area contributed by atoms with E-state index in [-0.39, 0.29) is 5.91 Å². The third-order valence-electron chi connectivity index (χ3n) is 2.79. The molecule has 0 radical (unpaired) electrons. The van der Waals surface area contributed by atoms with Crippen LogP contribution < -0.4 is 5.32 Å². The van der Waals surface area contributed by atoms with Gasteiger partial charge in [0.1, 0.15) is 4.21 Å². The lowest BCUT2D eigenvalue weighted by Crippen LogP contribution is -2.29. The van der Waals surface area contributed by atoms with Crippen LogP contribution in [0, 0.1) is 0 Å². The number of hydrogen-bond donors (Lipinski definition) is 1. The molecule has 1 aromatic rings. The van der Waals surface area contributed by atoms with Crippen LogP contribution in [0.4, 0.5) is 0 Å². The first-order valence-corrected chi connectivity index (χ1v) is 8.70. The van der Waals surface area contributed by atoms with Crippen LogP contribution >= 0.6 is 11.3 Å². The zero-order valence-corrected chi connectivity index (χ0v) is 13.4. The van der Waals surface area contributed by atoms with E-state index in [1.807, 2.05) is 13.8 Å². The number of sulfonamides is 1. The maximum absolute atomic E-state index is 12.3. The number of nitrogens with one attached hydrogen (secondary N) is 1. The summed E-state index contributed by atoms with van der Waals surface area (Å²) in [6.07, 6.45) is 1.82. The lowest BCUT2D eigenvalue weighted by molar-refractivity contribution is -0.116. The smallest absolute Gasteiger partial charge is 0.252 e. The van der Waals surface area contributed by atoms with Gasteiger partial charge in [0.2, 0.25) is 5.91 Å². The molecule has 7 heteroatoms. The van der Waals surface area contributed by atoms with Crippen LogP contribution in [0.5, 0.6) is 0 Å². The number of hydrogen-bond acceptors (Lipinski definition) is 4. The van der Waals surface area contributed by atoms with Crippen molar-refractivity contribution in [1.82, 2.24) is 9.62 Å². The van der Waals surface area contributed by atoms with Crippen LogP contribution in [0.3, 0.4) is 0 Å². The van der Waals surface area contributed by atoms with E-state index in [0.717, 1.165) is 4.88 Å². The lowest BCUT2D eigenvalue weighted by Gasteiger charge is -2.16. The van der Waals surface area contributed by atoms with Gasteiger partial charge >= 0.3 is 0 Å².